The van der Waals surface area contributed by atoms with Gasteiger partial charge in [-0.1, -0.05) is 26.2 Å². The standard InChI is InChI=1S/C15H28N2/c1-2-14-11-17(10-13-6-5-7-13)15(12-16-14)8-3-4-9-15/h13-14,16H,2-12H2,1H3. The molecule has 1 spiro atoms. The van der Waals surface area contributed by atoms with Gasteiger partial charge in [0.2, 0.25) is 0 Å². The molecule has 17 heavy (non-hydrogen) atoms. The number of hydrogen-bond acceptors (Lipinski definition) is 2. The molecule has 3 aliphatic rings. The van der Waals surface area contributed by atoms with E-state index < -0.39 is 0 Å². The molecule has 98 valence electrons. The van der Waals surface area contributed by atoms with Crippen molar-refractivity contribution in [3.8, 4) is 0 Å². The Kier molecular flexibility index (Phi) is 3.45. The molecule has 2 nitrogen and oxygen atoms in total. The molecule has 0 bridgehead atoms. The monoisotopic (exact) mass is 236 g/mol. The predicted octanol–water partition coefficient (Wildman–Crippen LogP) is 2.78. The summed E-state index contributed by atoms with van der Waals surface area (Å²) in [6.45, 7) is 6.30. The third-order valence-electron chi connectivity index (χ3n) is 5.56. The van der Waals surface area contributed by atoms with E-state index in [0.29, 0.717) is 5.54 Å². The van der Waals surface area contributed by atoms with Crippen LogP contribution in [0, 0.1) is 5.92 Å². The Hall–Kier alpha value is -0.0800. The van der Waals surface area contributed by atoms with Gasteiger partial charge in [0.1, 0.15) is 0 Å². The van der Waals surface area contributed by atoms with E-state index in [1.54, 1.807) is 0 Å². The summed E-state index contributed by atoms with van der Waals surface area (Å²) in [6, 6.07) is 0.751. The Morgan fingerprint density at radius 3 is 2.53 bits per heavy atom. The minimum absolute atomic E-state index is 0.557. The van der Waals surface area contributed by atoms with E-state index in [-0.39, 0.29) is 0 Å². The van der Waals surface area contributed by atoms with Crippen molar-refractivity contribution in [1.82, 2.24) is 10.2 Å². The third-order valence-corrected chi connectivity index (χ3v) is 5.56. The van der Waals surface area contributed by atoms with Gasteiger partial charge in [-0.25, -0.2) is 0 Å². The van der Waals surface area contributed by atoms with Gasteiger partial charge >= 0.3 is 0 Å². The molecule has 0 aromatic carbocycles. The molecule has 1 N–H and O–H groups in total. The summed E-state index contributed by atoms with van der Waals surface area (Å²) in [5.41, 5.74) is 0.557. The van der Waals surface area contributed by atoms with Crippen LogP contribution in [0.25, 0.3) is 0 Å². The normalized spacial score (nSPS) is 34.1. The van der Waals surface area contributed by atoms with Crippen LogP contribution in [0.3, 0.4) is 0 Å². The lowest BCUT2D eigenvalue weighted by molar-refractivity contribution is 0.0171. The lowest BCUT2D eigenvalue weighted by Gasteiger charge is -2.50. The summed E-state index contributed by atoms with van der Waals surface area (Å²) in [4.78, 5) is 2.90. The van der Waals surface area contributed by atoms with Crippen molar-refractivity contribution in [3.63, 3.8) is 0 Å². The smallest absolute Gasteiger partial charge is 0.0334 e. The Morgan fingerprint density at radius 2 is 1.94 bits per heavy atom. The van der Waals surface area contributed by atoms with Gasteiger partial charge in [0.15, 0.2) is 0 Å². The van der Waals surface area contributed by atoms with E-state index in [0.717, 1.165) is 12.0 Å². The van der Waals surface area contributed by atoms with Gasteiger partial charge in [0.25, 0.3) is 0 Å². The minimum Gasteiger partial charge on any atom is -0.311 e. The third kappa shape index (κ3) is 2.26. The topological polar surface area (TPSA) is 15.3 Å². The lowest BCUT2D eigenvalue weighted by atomic mass is 9.82. The van der Waals surface area contributed by atoms with Crippen molar-refractivity contribution in [3.05, 3.63) is 0 Å². The van der Waals surface area contributed by atoms with Crippen LogP contribution in [-0.2, 0) is 0 Å². The van der Waals surface area contributed by atoms with E-state index in [1.165, 1.54) is 71.0 Å². The van der Waals surface area contributed by atoms with Crippen LogP contribution < -0.4 is 5.32 Å². The average Bonchev–Trinajstić information content (AvgIpc) is 2.75. The Balaban J connectivity index is 1.67. The fraction of sp³-hybridized carbons (Fsp3) is 1.00. The Labute approximate surface area is 106 Å². The lowest BCUT2D eigenvalue weighted by Crippen LogP contribution is -2.64. The average molecular weight is 236 g/mol. The summed E-state index contributed by atoms with van der Waals surface area (Å²) in [6.07, 6.45) is 11.6. The fourth-order valence-electron chi connectivity index (χ4n) is 4.03. The number of rotatable bonds is 3. The number of nitrogens with one attached hydrogen (secondary N) is 1. The summed E-state index contributed by atoms with van der Waals surface area (Å²) in [5.74, 6) is 1.03. The van der Waals surface area contributed by atoms with Crippen molar-refractivity contribution >= 4 is 0 Å². The largest absolute Gasteiger partial charge is 0.311 e. The zero-order chi connectivity index (χ0) is 11.7. The maximum Gasteiger partial charge on any atom is 0.0334 e. The molecule has 3 fully saturated rings. The van der Waals surface area contributed by atoms with Crippen molar-refractivity contribution in [1.29, 1.82) is 0 Å². The van der Waals surface area contributed by atoms with Crippen molar-refractivity contribution in [2.45, 2.75) is 69.9 Å². The molecule has 3 rings (SSSR count). The molecule has 0 aromatic heterocycles. The molecule has 0 radical (unpaired) electrons. The zero-order valence-corrected chi connectivity index (χ0v) is 11.4. The molecule has 0 aromatic rings. The van der Waals surface area contributed by atoms with Crippen LogP contribution in [-0.4, -0.2) is 36.1 Å². The van der Waals surface area contributed by atoms with E-state index in [9.17, 15) is 0 Å². The van der Waals surface area contributed by atoms with Crippen LogP contribution >= 0.6 is 0 Å². The molecule has 1 unspecified atom stereocenters. The molecule has 1 saturated heterocycles. The molecule has 2 aliphatic carbocycles. The highest BCUT2D eigenvalue weighted by molar-refractivity contribution is 5.02. The molecule has 1 atom stereocenters. The maximum absolute atomic E-state index is 3.80. The zero-order valence-electron chi connectivity index (χ0n) is 11.4. The molecular formula is C15H28N2. The molecule has 2 saturated carbocycles. The molecule has 0 amide bonds. The quantitative estimate of drug-likeness (QED) is 0.810. The van der Waals surface area contributed by atoms with Crippen molar-refractivity contribution in [2.24, 2.45) is 5.92 Å². The van der Waals surface area contributed by atoms with Gasteiger partial charge < -0.3 is 5.32 Å². The van der Waals surface area contributed by atoms with Crippen LogP contribution in [0.4, 0.5) is 0 Å². The van der Waals surface area contributed by atoms with E-state index in [1.807, 2.05) is 0 Å². The first kappa shape index (κ1) is 12.0. The van der Waals surface area contributed by atoms with Crippen molar-refractivity contribution < 1.29 is 0 Å². The first-order chi connectivity index (χ1) is 8.32. The van der Waals surface area contributed by atoms with Gasteiger partial charge in [0, 0.05) is 31.2 Å². The minimum atomic E-state index is 0.557. The van der Waals surface area contributed by atoms with Crippen LogP contribution in [0.15, 0.2) is 0 Å². The molecule has 1 heterocycles. The van der Waals surface area contributed by atoms with Gasteiger partial charge in [0.05, 0.1) is 0 Å². The first-order valence-electron chi connectivity index (χ1n) is 7.81. The highest BCUT2D eigenvalue weighted by Gasteiger charge is 2.43. The Morgan fingerprint density at radius 1 is 1.18 bits per heavy atom. The number of piperazine rings is 1. The SMILES string of the molecule is CCC1CN(CC2CCC2)C2(CCCC2)CN1. The number of hydrogen-bond donors (Lipinski definition) is 1. The maximum atomic E-state index is 3.80. The van der Waals surface area contributed by atoms with E-state index >= 15 is 0 Å². The summed E-state index contributed by atoms with van der Waals surface area (Å²) in [5, 5.41) is 3.80. The van der Waals surface area contributed by atoms with Gasteiger partial charge in [-0.05, 0) is 38.0 Å². The second-order valence-corrected chi connectivity index (χ2v) is 6.62. The summed E-state index contributed by atoms with van der Waals surface area (Å²) in [7, 11) is 0. The van der Waals surface area contributed by atoms with E-state index in [4.69, 9.17) is 0 Å². The van der Waals surface area contributed by atoms with Gasteiger partial charge in [-0.15, -0.1) is 0 Å². The second-order valence-electron chi connectivity index (χ2n) is 6.62. The predicted molar refractivity (Wildman–Crippen MR) is 72.2 cm³/mol. The van der Waals surface area contributed by atoms with Crippen LogP contribution in [0.5, 0.6) is 0 Å². The second kappa shape index (κ2) is 4.89. The van der Waals surface area contributed by atoms with Crippen LogP contribution in [0.1, 0.15) is 58.3 Å². The van der Waals surface area contributed by atoms with Gasteiger partial charge in [-0.2, -0.15) is 0 Å². The van der Waals surface area contributed by atoms with Gasteiger partial charge in [-0.3, -0.25) is 4.90 Å². The fourth-order valence-corrected chi connectivity index (χ4v) is 4.03. The highest BCUT2D eigenvalue weighted by atomic mass is 15.3. The molecule has 2 heteroatoms. The highest BCUT2D eigenvalue weighted by Crippen LogP contribution is 2.39. The Bertz CT molecular complexity index is 252. The van der Waals surface area contributed by atoms with Crippen LogP contribution in [0.2, 0.25) is 0 Å². The first-order valence-corrected chi connectivity index (χ1v) is 7.81. The molecular weight excluding hydrogens is 208 g/mol. The summed E-state index contributed by atoms with van der Waals surface area (Å²) >= 11 is 0. The summed E-state index contributed by atoms with van der Waals surface area (Å²) < 4.78 is 0. The number of nitrogens with zero attached hydrogens (tertiary/aromatic N) is 1. The van der Waals surface area contributed by atoms with Crippen molar-refractivity contribution in [2.75, 3.05) is 19.6 Å². The van der Waals surface area contributed by atoms with E-state index in [2.05, 4.69) is 17.1 Å². The molecule has 1 aliphatic heterocycles.